The number of hydrogen-bond donors (Lipinski definition) is 1. The number of aryl methyl sites for hydroxylation is 1. The number of imidazole rings is 1. The highest BCUT2D eigenvalue weighted by molar-refractivity contribution is 6.00. The number of imide groups is 1. The van der Waals surface area contributed by atoms with Gasteiger partial charge in [0, 0.05) is 25.9 Å². The Hall–Kier alpha value is -3.17. The molecule has 178 valence electrons. The SMILES string of the molecule is Cn1c(=O)n(C2CCC(=O)NC2=O)c2ccc(C3CCN(C(=O)OC(C)(C)C)CC3F)cc21. The molecule has 10 heteroatoms. The molecular weight excluding hydrogens is 431 g/mol. The fourth-order valence-corrected chi connectivity index (χ4v) is 4.61. The largest absolute Gasteiger partial charge is 0.444 e. The predicted octanol–water partition coefficient (Wildman–Crippen LogP) is 2.38. The minimum atomic E-state index is -1.28. The van der Waals surface area contributed by atoms with Gasteiger partial charge in [-0.25, -0.2) is 14.0 Å². The average Bonchev–Trinajstić information content (AvgIpc) is 2.97. The number of fused-ring (bicyclic) bond motifs is 1. The van der Waals surface area contributed by atoms with Gasteiger partial charge in [0.2, 0.25) is 11.8 Å². The van der Waals surface area contributed by atoms with Crippen LogP contribution in [0.3, 0.4) is 0 Å². The Bertz CT molecular complexity index is 1180. The number of carbonyl (C=O) groups excluding carboxylic acids is 3. The predicted molar refractivity (Wildman–Crippen MR) is 119 cm³/mol. The normalized spacial score (nSPS) is 24.2. The van der Waals surface area contributed by atoms with Crippen molar-refractivity contribution in [3.05, 3.63) is 34.2 Å². The zero-order valence-corrected chi connectivity index (χ0v) is 19.3. The summed E-state index contributed by atoms with van der Waals surface area (Å²) in [5.74, 6) is -1.27. The van der Waals surface area contributed by atoms with Gasteiger partial charge in [-0.2, -0.15) is 0 Å². The number of rotatable bonds is 2. The molecule has 0 saturated carbocycles. The molecule has 3 unspecified atom stereocenters. The number of nitrogens with one attached hydrogen (secondary N) is 1. The Morgan fingerprint density at radius 2 is 1.88 bits per heavy atom. The van der Waals surface area contributed by atoms with Crippen LogP contribution >= 0.6 is 0 Å². The second kappa shape index (κ2) is 8.31. The van der Waals surface area contributed by atoms with Crippen molar-refractivity contribution in [2.45, 2.75) is 63.8 Å². The van der Waals surface area contributed by atoms with E-state index in [9.17, 15) is 19.2 Å². The molecule has 3 heterocycles. The van der Waals surface area contributed by atoms with Crippen molar-refractivity contribution in [3.8, 4) is 0 Å². The number of halogens is 1. The van der Waals surface area contributed by atoms with Crippen molar-refractivity contribution in [1.29, 1.82) is 0 Å². The Labute approximate surface area is 190 Å². The summed E-state index contributed by atoms with van der Waals surface area (Å²) in [6.07, 6.45) is -0.966. The minimum absolute atomic E-state index is 0.0617. The maximum absolute atomic E-state index is 15.1. The van der Waals surface area contributed by atoms with E-state index in [1.54, 1.807) is 46.0 Å². The topological polar surface area (TPSA) is 103 Å². The lowest BCUT2D eigenvalue weighted by atomic mass is 9.88. The van der Waals surface area contributed by atoms with Crippen molar-refractivity contribution in [2.24, 2.45) is 7.05 Å². The number of alkyl halides is 1. The molecule has 2 aliphatic rings. The molecule has 0 bridgehead atoms. The molecule has 0 radical (unpaired) electrons. The van der Waals surface area contributed by atoms with Gasteiger partial charge in [0.15, 0.2) is 0 Å². The summed E-state index contributed by atoms with van der Waals surface area (Å²) in [6, 6.07) is 4.50. The molecule has 4 rings (SSSR count). The molecular formula is C23H29FN4O5. The molecule has 2 fully saturated rings. The first-order chi connectivity index (χ1) is 15.5. The van der Waals surface area contributed by atoms with E-state index in [1.807, 2.05) is 0 Å². The standard InChI is InChI=1S/C23H29FN4O5/c1-23(2,3)33-22(32)27-10-9-14(15(24)12-27)13-5-6-16-18(11-13)26(4)21(31)28(16)17-7-8-19(29)25-20(17)30/h5-6,11,14-15,17H,7-10,12H2,1-4H3,(H,25,29,30). The number of nitrogens with zero attached hydrogens (tertiary/aromatic N) is 3. The molecule has 9 nitrogen and oxygen atoms in total. The van der Waals surface area contributed by atoms with Crippen molar-refractivity contribution < 1.29 is 23.5 Å². The summed E-state index contributed by atoms with van der Waals surface area (Å²) < 4.78 is 23.3. The first-order valence-corrected chi connectivity index (χ1v) is 11.1. The maximum Gasteiger partial charge on any atom is 0.410 e. The number of ether oxygens (including phenoxy) is 1. The van der Waals surface area contributed by atoms with E-state index < -0.39 is 35.7 Å². The lowest BCUT2D eigenvalue weighted by Gasteiger charge is -2.35. The second-order valence-corrected chi connectivity index (χ2v) is 9.76. The van der Waals surface area contributed by atoms with Crippen LogP contribution < -0.4 is 11.0 Å². The molecule has 1 N–H and O–H groups in total. The first kappa shape index (κ1) is 23.0. The van der Waals surface area contributed by atoms with Crippen molar-refractivity contribution in [1.82, 2.24) is 19.4 Å². The second-order valence-electron chi connectivity index (χ2n) is 9.76. The van der Waals surface area contributed by atoms with E-state index in [2.05, 4.69) is 5.32 Å². The highest BCUT2D eigenvalue weighted by atomic mass is 19.1. The molecule has 33 heavy (non-hydrogen) atoms. The van der Waals surface area contributed by atoms with Gasteiger partial charge >= 0.3 is 11.8 Å². The summed E-state index contributed by atoms with van der Waals surface area (Å²) in [5, 5.41) is 2.29. The zero-order chi connectivity index (χ0) is 24.1. The van der Waals surface area contributed by atoms with Crippen LogP contribution in [-0.2, 0) is 21.4 Å². The number of benzene rings is 1. The van der Waals surface area contributed by atoms with E-state index in [0.29, 0.717) is 24.0 Å². The van der Waals surface area contributed by atoms with E-state index in [1.165, 1.54) is 14.0 Å². The molecule has 1 aromatic heterocycles. The number of piperidine rings is 2. The molecule has 2 saturated heterocycles. The van der Waals surface area contributed by atoms with Crippen LogP contribution in [-0.4, -0.2) is 56.8 Å². The third kappa shape index (κ3) is 4.38. The van der Waals surface area contributed by atoms with E-state index in [0.717, 1.165) is 5.56 Å². The third-order valence-corrected chi connectivity index (χ3v) is 6.26. The van der Waals surface area contributed by atoms with Gasteiger partial charge in [0.1, 0.15) is 17.8 Å². The first-order valence-electron chi connectivity index (χ1n) is 11.1. The fourth-order valence-electron chi connectivity index (χ4n) is 4.61. The van der Waals surface area contributed by atoms with Gasteiger partial charge in [-0.1, -0.05) is 6.07 Å². The van der Waals surface area contributed by atoms with Crippen LogP contribution in [0.2, 0.25) is 0 Å². The summed E-state index contributed by atoms with van der Waals surface area (Å²) >= 11 is 0. The van der Waals surface area contributed by atoms with E-state index in [-0.39, 0.29) is 31.0 Å². The van der Waals surface area contributed by atoms with Gasteiger partial charge in [0.05, 0.1) is 17.6 Å². The van der Waals surface area contributed by atoms with E-state index in [4.69, 9.17) is 4.74 Å². The summed E-state index contributed by atoms with van der Waals surface area (Å²) in [6.45, 7) is 5.61. The number of likely N-dealkylation sites (tertiary alicyclic amines) is 1. The van der Waals surface area contributed by atoms with E-state index >= 15 is 4.39 Å². The Morgan fingerprint density at radius 3 is 2.52 bits per heavy atom. The third-order valence-electron chi connectivity index (χ3n) is 6.26. The van der Waals surface area contributed by atoms with Crippen molar-refractivity contribution in [3.63, 3.8) is 0 Å². The van der Waals surface area contributed by atoms with Crippen LogP contribution in [0.25, 0.3) is 11.0 Å². The summed E-state index contributed by atoms with van der Waals surface area (Å²) in [7, 11) is 1.61. The van der Waals surface area contributed by atoms with Crippen LogP contribution in [0.15, 0.2) is 23.0 Å². The average molecular weight is 461 g/mol. The fraction of sp³-hybridized carbons (Fsp3) is 0.565. The van der Waals surface area contributed by atoms with Gasteiger partial charge < -0.3 is 9.64 Å². The van der Waals surface area contributed by atoms with Crippen LogP contribution in [0.1, 0.15) is 57.6 Å². The van der Waals surface area contributed by atoms with Gasteiger partial charge in [-0.3, -0.25) is 24.0 Å². The lowest BCUT2D eigenvalue weighted by molar-refractivity contribution is -0.135. The number of hydrogen-bond acceptors (Lipinski definition) is 5. The molecule has 3 atom stereocenters. The Balaban J connectivity index is 1.59. The molecule has 2 aromatic rings. The molecule has 0 spiro atoms. The Kier molecular flexibility index (Phi) is 5.79. The van der Waals surface area contributed by atoms with Crippen LogP contribution in [0, 0.1) is 0 Å². The molecule has 3 amide bonds. The van der Waals surface area contributed by atoms with Gasteiger partial charge in [-0.05, 0) is 51.3 Å². The van der Waals surface area contributed by atoms with Crippen LogP contribution in [0.5, 0.6) is 0 Å². The highest BCUT2D eigenvalue weighted by Gasteiger charge is 2.35. The monoisotopic (exact) mass is 460 g/mol. The summed E-state index contributed by atoms with van der Waals surface area (Å²) in [5.41, 5.74) is 0.861. The van der Waals surface area contributed by atoms with Crippen molar-refractivity contribution >= 4 is 28.9 Å². The van der Waals surface area contributed by atoms with Crippen LogP contribution in [0.4, 0.5) is 9.18 Å². The maximum atomic E-state index is 15.1. The highest BCUT2D eigenvalue weighted by Crippen LogP contribution is 2.33. The Morgan fingerprint density at radius 1 is 1.15 bits per heavy atom. The molecule has 2 aliphatic heterocycles. The van der Waals surface area contributed by atoms with Crippen molar-refractivity contribution in [2.75, 3.05) is 13.1 Å². The number of carbonyl (C=O) groups is 3. The smallest absolute Gasteiger partial charge is 0.410 e. The zero-order valence-electron chi connectivity index (χ0n) is 19.3. The minimum Gasteiger partial charge on any atom is -0.444 e. The number of amides is 3. The summed E-state index contributed by atoms with van der Waals surface area (Å²) in [4.78, 5) is 50.5. The lowest BCUT2D eigenvalue weighted by Crippen LogP contribution is -2.46. The quantitative estimate of drug-likeness (QED) is 0.694. The molecule has 1 aromatic carbocycles. The van der Waals surface area contributed by atoms with Gasteiger partial charge in [-0.15, -0.1) is 0 Å². The van der Waals surface area contributed by atoms with Gasteiger partial charge in [0.25, 0.3) is 0 Å². The molecule has 0 aliphatic carbocycles. The number of aromatic nitrogens is 2.